The molecule has 1 aromatic heterocycles. The van der Waals surface area contributed by atoms with Crippen LogP contribution in [-0.4, -0.2) is 44.0 Å². The molecule has 0 amide bonds. The molecule has 3 aromatic carbocycles. The second-order valence-electron chi connectivity index (χ2n) is 9.14. The van der Waals surface area contributed by atoms with Gasteiger partial charge in [0.25, 0.3) is 0 Å². The van der Waals surface area contributed by atoms with Crippen molar-refractivity contribution in [2.24, 2.45) is 5.92 Å². The van der Waals surface area contributed by atoms with Crippen molar-refractivity contribution < 1.29 is 24.8 Å². The Hall–Kier alpha value is -4.33. The number of phenolic OH excluding ortho intramolecular Hbond substituents is 3. The zero-order chi connectivity index (χ0) is 27.1. The van der Waals surface area contributed by atoms with Gasteiger partial charge in [-0.25, -0.2) is 15.0 Å². The molecule has 1 atom stereocenters. The molecule has 0 aliphatic rings. The van der Waals surface area contributed by atoms with E-state index in [-0.39, 0.29) is 28.9 Å². The highest BCUT2D eigenvalue weighted by Gasteiger charge is 2.18. The third kappa shape index (κ3) is 6.32. The molecule has 0 radical (unpaired) electrons. The van der Waals surface area contributed by atoms with Gasteiger partial charge >= 0.3 is 0 Å². The maximum atomic E-state index is 10.9. The summed E-state index contributed by atoms with van der Waals surface area (Å²) in [5, 5.41) is 31.1. The second kappa shape index (κ2) is 12.3. The van der Waals surface area contributed by atoms with Gasteiger partial charge in [0.05, 0.1) is 24.8 Å². The Balaban J connectivity index is 1.71. The fraction of sp³-hybridized carbons (Fsp3) is 0.300. The van der Waals surface area contributed by atoms with Gasteiger partial charge in [0.2, 0.25) is 0 Å². The van der Waals surface area contributed by atoms with E-state index in [0.717, 1.165) is 19.3 Å². The van der Waals surface area contributed by atoms with Crippen molar-refractivity contribution in [3.63, 3.8) is 0 Å². The van der Waals surface area contributed by atoms with Crippen LogP contribution in [0.5, 0.6) is 28.7 Å². The van der Waals surface area contributed by atoms with Crippen molar-refractivity contribution >= 4 is 0 Å². The number of unbranched alkanes of at least 4 members (excludes halogenated alkanes) is 1. The van der Waals surface area contributed by atoms with Gasteiger partial charge in [0.1, 0.15) is 28.7 Å². The van der Waals surface area contributed by atoms with E-state index in [1.54, 1.807) is 37.4 Å². The number of nitrogens with zero attached hydrogens (tertiary/aromatic N) is 3. The zero-order valence-corrected chi connectivity index (χ0v) is 21.9. The molecule has 8 heteroatoms. The van der Waals surface area contributed by atoms with Crippen LogP contribution in [-0.2, 0) is 0 Å². The predicted octanol–water partition coefficient (Wildman–Crippen LogP) is 6.59. The molecule has 38 heavy (non-hydrogen) atoms. The summed E-state index contributed by atoms with van der Waals surface area (Å²) in [6.07, 6.45) is 4.47. The number of hydrogen-bond acceptors (Lipinski definition) is 8. The lowest BCUT2D eigenvalue weighted by molar-refractivity contribution is 0.232. The molecule has 0 spiro atoms. The van der Waals surface area contributed by atoms with E-state index in [2.05, 4.69) is 28.8 Å². The van der Waals surface area contributed by atoms with Crippen molar-refractivity contribution in [2.75, 3.05) is 13.7 Å². The zero-order valence-electron chi connectivity index (χ0n) is 21.9. The van der Waals surface area contributed by atoms with E-state index in [1.165, 1.54) is 24.6 Å². The predicted molar refractivity (Wildman–Crippen MR) is 146 cm³/mol. The minimum absolute atomic E-state index is 0.0307. The number of aromatic nitrogens is 3. The third-order valence-corrected chi connectivity index (χ3v) is 6.44. The van der Waals surface area contributed by atoms with Gasteiger partial charge in [0.15, 0.2) is 17.5 Å². The van der Waals surface area contributed by atoms with E-state index in [1.807, 2.05) is 12.1 Å². The molecule has 0 bridgehead atoms. The normalized spacial score (nSPS) is 11.8. The number of rotatable bonds is 11. The molecular weight excluding hydrogens is 482 g/mol. The fourth-order valence-corrected chi connectivity index (χ4v) is 4.10. The summed E-state index contributed by atoms with van der Waals surface area (Å²) in [6, 6.07) is 16.5. The maximum Gasteiger partial charge on any atom is 0.167 e. The van der Waals surface area contributed by atoms with Crippen LogP contribution in [0.2, 0.25) is 0 Å². The summed E-state index contributed by atoms with van der Waals surface area (Å²) < 4.78 is 11.2. The number of hydrogen-bond donors (Lipinski definition) is 3. The van der Waals surface area contributed by atoms with Gasteiger partial charge in [-0.2, -0.15) is 0 Å². The first kappa shape index (κ1) is 26.7. The minimum Gasteiger partial charge on any atom is -0.508 e. The van der Waals surface area contributed by atoms with Crippen LogP contribution in [0.25, 0.3) is 34.2 Å². The molecule has 4 aromatic rings. The van der Waals surface area contributed by atoms with Crippen LogP contribution in [0.3, 0.4) is 0 Å². The standard InChI is InChI=1S/C30H33N3O5/c1-4-6-7-19(5-2)18-38-23-13-15-25(27(36)17-23)30-32-28(20-8-11-22(37-3)12-9-20)31-29(33-30)24-14-10-21(34)16-26(24)35/h8-17,19,34-36H,4-7,18H2,1-3H3. The molecule has 198 valence electrons. The Bertz CT molecular complexity index is 1380. The number of aromatic hydroxyl groups is 3. The summed E-state index contributed by atoms with van der Waals surface area (Å²) in [6.45, 7) is 4.93. The molecule has 1 heterocycles. The molecule has 0 aliphatic heterocycles. The smallest absolute Gasteiger partial charge is 0.167 e. The summed E-state index contributed by atoms with van der Waals surface area (Å²) >= 11 is 0. The lowest BCUT2D eigenvalue weighted by atomic mass is 10.0. The van der Waals surface area contributed by atoms with Crippen LogP contribution < -0.4 is 9.47 Å². The maximum absolute atomic E-state index is 10.9. The average molecular weight is 516 g/mol. The number of phenols is 3. The first-order valence-corrected chi connectivity index (χ1v) is 12.8. The highest BCUT2D eigenvalue weighted by molar-refractivity contribution is 5.72. The summed E-state index contributed by atoms with van der Waals surface area (Å²) in [7, 11) is 1.59. The van der Waals surface area contributed by atoms with Gasteiger partial charge in [-0.05, 0) is 60.9 Å². The van der Waals surface area contributed by atoms with Crippen molar-refractivity contribution in [3.8, 4) is 62.9 Å². The molecule has 4 rings (SSSR count). The quantitative estimate of drug-likeness (QED) is 0.205. The SMILES string of the molecule is CCCCC(CC)COc1ccc(-c2nc(-c3ccc(OC)cc3)nc(-c3ccc(O)cc3O)n2)c(O)c1. The lowest BCUT2D eigenvalue weighted by Crippen LogP contribution is -2.11. The van der Waals surface area contributed by atoms with Crippen molar-refractivity contribution in [1.82, 2.24) is 15.0 Å². The minimum atomic E-state index is -0.177. The molecule has 0 aliphatic carbocycles. The van der Waals surface area contributed by atoms with Gasteiger partial charge in [-0.15, -0.1) is 0 Å². The Morgan fingerprint density at radius 1 is 0.737 bits per heavy atom. The van der Waals surface area contributed by atoms with Crippen LogP contribution in [0.4, 0.5) is 0 Å². The van der Waals surface area contributed by atoms with E-state index in [9.17, 15) is 15.3 Å². The molecule has 0 saturated carbocycles. The highest BCUT2D eigenvalue weighted by atomic mass is 16.5. The van der Waals surface area contributed by atoms with Crippen molar-refractivity contribution in [1.29, 1.82) is 0 Å². The molecule has 8 nitrogen and oxygen atoms in total. The van der Waals surface area contributed by atoms with Gasteiger partial charge < -0.3 is 24.8 Å². The third-order valence-electron chi connectivity index (χ3n) is 6.44. The van der Waals surface area contributed by atoms with Gasteiger partial charge in [-0.3, -0.25) is 0 Å². The molecule has 1 unspecified atom stereocenters. The molecule has 0 saturated heterocycles. The number of ether oxygens (including phenoxy) is 2. The summed E-state index contributed by atoms with van der Waals surface area (Å²) in [4.78, 5) is 13.7. The van der Waals surface area contributed by atoms with Crippen LogP contribution in [0.1, 0.15) is 39.5 Å². The fourth-order valence-electron chi connectivity index (χ4n) is 4.10. The van der Waals surface area contributed by atoms with E-state index < -0.39 is 0 Å². The average Bonchev–Trinajstić information content (AvgIpc) is 2.93. The molecule has 0 fully saturated rings. The van der Waals surface area contributed by atoms with Crippen LogP contribution >= 0.6 is 0 Å². The lowest BCUT2D eigenvalue weighted by Gasteiger charge is -2.16. The van der Waals surface area contributed by atoms with E-state index in [0.29, 0.717) is 46.5 Å². The highest BCUT2D eigenvalue weighted by Crippen LogP contribution is 2.35. The molecule has 3 N–H and O–H groups in total. The van der Waals surface area contributed by atoms with Crippen LogP contribution in [0.15, 0.2) is 60.7 Å². The number of benzene rings is 3. The van der Waals surface area contributed by atoms with Crippen molar-refractivity contribution in [2.45, 2.75) is 39.5 Å². The first-order chi connectivity index (χ1) is 18.4. The second-order valence-corrected chi connectivity index (χ2v) is 9.14. The van der Waals surface area contributed by atoms with E-state index >= 15 is 0 Å². The monoisotopic (exact) mass is 515 g/mol. The summed E-state index contributed by atoms with van der Waals surface area (Å²) in [5.41, 5.74) is 1.41. The van der Waals surface area contributed by atoms with E-state index in [4.69, 9.17) is 9.47 Å². The Morgan fingerprint density at radius 2 is 1.34 bits per heavy atom. The topological polar surface area (TPSA) is 118 Å². The van der Waals surface area contributed by atoms with Gasteiger partial charge in [-0.1, -0.05) is 33.1 Å². The van der Waals surface area contributed by atoms with Gasteiger partial charge in [0, 0.05) is 17.7 Å². The largest absolute Gasteiger partial charge is 0.508 e. The Morgan fingerprint density at radius 3 is 1.92 bits per heavy atom. The Labute approximate surface area is 222 Å². The Kier molecular flexibility index (Phi) is 8.63. The molecular formula is C30H33N3O5. The van der Waals surface area contributed by atoms with Crippen LogP contribution in [0, 0.1) is 5.92 Å². The number of methoxy groups -OCH3 is 1. The van der Waals surface area contributed by atoms with Crippen molar-refractivity contribution in [3.05, 3.63) is 60.7 Å². The first-order valence-electron chi connectivity index (χ1n) is 12.8. The summed E-state index contributed by atoms with van der Waals surface area (Å²) in [5.74, 6) is 2.21.